The lowest BCUT2D eigenvalue weighted by Gasteiger charge is -2.16. The highest BCUT2D eigenvalue weighted by molar-refractivity contribution is 5.73. The lowest BCUT2D eigenvalue weighted by Crippen LogP contribution is -2.29. The van der Waals surface area contributed by atoms with Gasteiger partial charge in [0.05, 0.1) is 6.61 Å². The van der Waals surface area contributed by atoms with E-state index in [1.165, 1.54) is 0 Å². The molecule has 0 saturated carbocycles. The van der Waals surface area contributed by atoms with Crippen LogP contribution in [0.3, 0.4) is 0 Å². The number of rotatable bonds is 8. The molecule has 0 amide bonds. The molecule has 138 valence electrons. The zero-order chi connectivity index (χ0) is 19.1. The predicted molar refractivity (Wildman–Crippen MR) is 105 cm³/mol. The van der Waals surface area contributed by atoms with Crippen LogP contribution in [-0.2, 0) is 11.2 Å². The maximum absolute atomic E-state index is 11.6. The van der Waals surface area contributed by atoms with Gasteiger partial charge in [0.1, 0.15) is 11.5 Å². The number of ether oxygens (including phenoxy) is 2. The smallest absolute Gasteiger partial charge is 0.345 e. The standard InChI is InChI=1S/C23H22O4/c1-2-26-20-12-8-17(9-13-20)16-22(23(24)25)27-21-14-10-19(11-15-21)18-6-4-3-5-7-18/h3-15,22H,2,16H2,1H3,(H,24,25)/t22-/m0/s1. The van der Waals surface area contributed by atoms with Crippen molar-refractivity contribution in [2.75, 3.05) is 6.61 Å². The summed E-state index contributed by atoms with van der Waals surface area (Å²) >= 11 is 0. The van der Waals surface area contributed by atoms with Crippen LogP contribution in [0.15, 0.2) is 78.9 Å². The zero-order valence-electron chi connectivity index (χ0n) is 15.2. The van der Waals surface area contributed by atoms with E-state index in [1.54, 1.807) is 12.1 Å². The number of carboxylic acids is 1. The molecule has 0 aliphatic heterocycles. The summed E-state index contributed by atoms with van der Waals surface area (Å²) in [6, 6.07) is 24.9. The maximum atomic E-state index is 11.6. The van der Waals surface area contributed by atoms with Gasteiger partial charge in [-0.3, -0.25) is 0 Å². The van der Waals surface area contributed by atoms with Gasteiger partial charge in [-0.15, -0.1) is 0 Å². The van der Waals surface area contributed by atoms with Crippen molar-refractivity contribution in [2.24, 2.45) is 0 Å². The molecule has 4 heteroatoms. The summed E-state index contributed by atoms with van der Waals surface area (Å²) in [7, 11) is 0. The first-order chi connectivity index (χ1) is 13.2. The van der Waals surface area contributed by atoms with Gasteiger partial charge in [0.2, 0.25) is 0 Å². The zero-order valence-corrected chi connectivity index (χ0v) is 15.2. The largest absolute Gasteiger partial charge is 0.494 e. The van der Waals surface area contributed by atoms with E-state index in [0.717, 1.165) is 22.4 Å². The Morgan fingerprint density at radius 1 is 0.852 bits per heavy atom. The second-order valence-electron chi connectivity index (χ2n) is 6.12. The van der Waals surface area contributed by atoms with Crippen molar-refractivity contribution in [3.63, 3.8) is 0 Å². The van der Waals surface area contributed by atoms with E-state index in [2.05, 4.69) is 0 Å². The highest BCUT2D eigenvalue weighted by atomic mass is 16.5. The fraction of sp³-hybridized carbons (Fsp3) is 0.174. The lowest BCUT2D eigenvalue weighted by molar-refractivity contribution is -0.145. The average Bonchev–Trinajstić information content (AvgIpc) is 2.70. The van der Waals surface area contributed by atoms with Crippen molar-refractivity contribution >= 4 is 5.97 Å². The normalized spacial score (nSPS) is 11.6. The topological polar surface area (TPSA) is 55.8 Å². The summed E-state index contributed by atoms with van der Waals surface area (Å²) in [5.74, 6) is 0.314. The van der Waals surface area contributed by atoms with E-state index < -0.39 is 12.1 Å². The third-order valence-corrected chi connectivity index (χ3v) is 4.17. The molecular formula is C23H22O4. The number of hydrogen-bond acceptors (Lipinski definition) is 3. The van der Waals surface area contributed by atoms with Gasteiger partial charge >= 0.3 is 5.97 Å². The SMILES string of the molecule is CCOc1ccc(C[C@H](Oc2ccc(-c3ccccc3)cc2)C(=O)O)cc1. The molecule has 0 bridgehead atoms. The molecule has 0 heterocycles. The van der Waals surface area contributed by atoms with Crippen molar-refractivity contribution in [3.8, 4) is 22.6 Å². The molecule has 3 aromatic rings. The minimum atomic E-state index is -0.990. The Balaban J connectivity index is 1.68. The molecule has 0 aromatic heterocycles. The van der Waals surface area contributed by atoms with Crippen molar-refractivity contribution in [2.45, 2.75) is 19.4 Å². The first-order valence-corrected chi connectivity index (χ1v) is 8.92. The number of carboxylic acid groups (broad SMARTS) is 1. The molecule has 1 atom stereocenters. The molecule has 0 radical (unpaired) electrons. The maximum Gasteiger partial charge on any atom is 0.345 e. The van der Waals surface area contributed by atoms with Crippen molar-refractivity contribution in [1.29, 1.82) is 0 Å². The third-order valence-electron chi connectivity index (χ3n) is 4.17. The van der Waals surface area contributed by atoms with Crippen LogP contribution >= 0.6 is 0 Å². The number of aliphatic carboxylic acids is 1. The van der Waals surface area contributed by atoms with Gasteiger partial charge < -0.3 is 14.6 Å². The van der Waals surface area contributed by atoms with E-state index in [4.69, 9.17) is 9.47 Å². The Labute approximate surface area is 159 Å². The Morgan fingerprint density at radius 3 is 2.04 bits per heavy atom. The average molecular weight is 362 g/mol. The summed E-state index contributed by atoms with van der Waals surface area (Å²) in [6.45, 7) is 2.52. The number of benzene rings is 3. The highest BCUT2D eigenvalue weighted by Crippen LogP contribution is 2.23. The minimum absolute atomic E-state index is 0.280. The highest BCUT2D eigenvalue weighted by Gasteiger charge is 2.20. The summed E-state index contributed by atoms with van der Waals surface area (Å²) in [4.78, 5) is 11.6. The fourth-order valence-corrected chi connectivity index (χ4v) is 2.80. The summed E-state index contributed by atoms with van der Waals surface area (Å²) in [5.41, 5.74) is 3.04. The number of carbonyl (C=O) groups is 1. The second-order valence-corrected chi connectivity index (χ2v) is 6.12. The van der Waals surface area contributed by atoms with Crippen molar-refractivity contribution in [3.05, 3.63) is 84.4 Å². The molecule has 3 rings (SSSR count). The van der Waals surface area contributed by atoms with Crippen molar-refractivity contribution < 1.29 is 19.4 Å². The molecule has 0 aliphatic carbocycles. The van der Waals surface area contributed by atoms with Crippen LogP contribution in [0, 0.1) is 0 Å². The minimum Gasteiger partial charge on any atom is -0.494 e. The van der Waals surface area contributed by atoms with Gasteiger partial charge in [-0.25, -0.2) is 4.79 Å². The van der Waals surface area contributed by atoms with E-state index in [9.17, 15) is 9.90 Å². The fourth-order valence-electron chi connectivity index (χ4n) is 2.80. The van der Waals surface area contributed by atoms with Crippen LogP contribution in [0.5, 0.6) is 11.5 Å². The van der Waals surface area contributed by atoms with Gasteiger partial charge in [0.25, 0.3) is 0 Å². The third kappa shape index (κ3) is 5.11. The van der Waals surface area contributed by atoms with Crippen LogP contribution in [0.1, 0.15) is 12.5 Å². The Kier molecular flexibility index (Phi) is 6.10. The van der Waals surface area contributed by atoms with Gasteiger partial charge in [-0.1, -0.05) is 54.6 Å². The van der Waals surface area contributed by atoms with Gasteiger partial charge in [-0.05, 0) is 47.9 Å². The van der Waals surface area contributed by atoms with Crippen LogP contribution in [-0.4, -0.2) is 23.8 Å². The molecule has 4 nitrogen and oxygen atoms in total. The van der Waals surface area contributed by atoms with Gasteiger partial charge in [-0.2, -0.15) is 0 Å². The van der Waals surface area contributed by atoms with Gasteiger partial charge in [0, 0.05) is 6.42 Å². The molecule has 27 heavy (non-hydrogen) atoms. The Hall–Kier alpha value is -3.27. The van der Waals surface area contributed by atoms with Crippen molar-refractivity contribution in [1.82, 2.24) is 0 Å². The molecule has 1 N–H and O–H groups in total. The van der Waals surface area contributed by atoms with Crippen LogP contribution in [0.25, 0.3) is 11.1 Å². The van der Waals surface area contributed by atoms with Crippen LogP contribution in [0.4, 0.5) is 0 Å². The van der Waals surface area contributed by atoms with E-state index in [1.807, 2.05) is 73.7 Å². The summed E-state index contributed by atoms with van der Waals surface area (Å²) < 4.78 is 11.1. The first-order valence-electron chi connectivity index (χ1n) is 8.92. The summed E-state index contributed by atoms with van der Waals surface area (Å²) in [6.07, 6.45) is -0.673. The summed E-state index contributed by atoms with van der Waals surface area (Å²) in [5, 5.41) is 9.52. The second kappa shape index (κ2) is 8.90. The monoisotopic (exact) mass is 362 g/mol. The molecule has 3 aromatic carbocycles. The van der Waals surface area contributed by atoms with E-state index >= 15 is 0 Å². The lowest BCUT2D eigenvalue weighted by atomic mass is 10.1. The Morgan fingerprint density at radius 2 is 1.44 bits per heavy atom. The predicted octanol–water partition coefficient (Wildman–Crippen LogP) is 4.83. The van der Waals surface area contributed by atoms with E-state index in [0.29, 0.717) is 12.4 Å². The molecule has 0 unspecified atom stereocenters. The molecule has 0 aliphatic rings. The molecule has 0 spiro atoms. The number of hydrogen-bond donors (Lipinski definition) is 1. The molecular weight excluding hydrogens is 340 g/mol. The first kappa shape index (κ1) is 18.5. The van der Waals surface area contributed by atoms with E-state index in [-0.39, 0.29) is 6.42 Å². The molecule has 0 saturated heterocycles. The van der Waals surface area contributed by atoms with Gasteiger partial charge in [0.15, 0.2) is 6.10 Å². The Bertz CT molecular complexity index is 855. The van der Waals surface area contributed by atoms with Crippen LogP contribution in [0.2, 0.25) is 0 Å². The molecule has 0 fully saturated rings. The van der Waals surface area contributed by atoms with Crippen LogP contribution < -0.4 is 9.47 Å². The quantitative estimate of drug-likeness (QED) is 0.624.